The van der Waals surface area contributed by atoms with Crippen molar-refractivity contribution in [3.8, 4) is 0 Å². The van der Waals surface area contributed by atoms with E-state index >= 15 is 0 Å². The number of nitrogens with zero attached hydrogens (tertiary/aromatic N) is 3. The number of anilines is 2. The van der Waals surface area contributed by atoms with E-state index in [0.29, 0.717) is 0 Å². The Morgan fingerprint density at radius 3 is 2.45 bits per heavy atom. The lowest BCUT2D eigenvalue weighted by molar-refractivity contribution is 0.282. The third kappa shape index (κ3) is 2.75. The van der Waals surface area contributed by atoms with Crippen LogP contribution in [0.15, 0.2) is 48.7 Å². The molecule has 0 atom stereocenters. The Balaban J connectivity index is 1.66. The molecule has 1 saturated heterocycles. The van der Waals surface area contributed by atoms with Crippen LogP contribution in [0.25, 0.3) is 0 Å². The van der Waals surface area contributed by atoms with Crippen LogP contribution in [-0.4, -0.2) is 36.3 Å². The van der Waals surface area contributed by atoms with E-state index in [9.17, 15) is 5.11 Å². The Kier molecular flexibility index (Phi) is 3.83. The Morgan fingerprint density at radius 2 is 1.75 bits per heavy atom. The van der Waals surface area contributed by atoms with Crippen molar-refractivity contribution >= 4 is 11.5 Å². The quantitative estimate of drug-likeness (QED) is 0.924. The van der Waals surface area contributed by atoms with Crippen molar-refractivity contribution in [3.05, 3.63) is 54.2 Å². The lowest BCUT2D eigenvalue weighted by Crippen LogP contribution is -2.46. The summed E-state index contributed by atoms with van der Waals surface area (Å²) in [4.78, 5) is 9.07. The highest BCUT2D eigenvalue weighted by Gasteiger charge is 2.18. The first-order valence-corrected chi connectivity index (χ1v) is 6.97. The number of aliphatic hydroxyl groups is 1. The highest BCUT2D eigenvalue weighted by molar-refractivity contribution is 5.51. The van der Waals surface area contributed by atoms with Gasteiger partial charge in [0.15, 0.2) is 0 Å². The summed E-state index contributed by atoms with van der Waals surface area (Å²) in [6, 6.07) is 14.2. The average molecular weight is 269 g/mol. The van der Waals surface area contributed by atoms with Gasteiger partial charge < -0.3 is 14.9 Å². The molecule has 1 aromatic heterocycles. The summed E-state index contributed by atoms with van der Waals surface area (Å²) in [5.74, 6) is 1.05. The molecule has 1 aromatic carbocycles. The molecular weight excluding hydrogens is 250 g/mol. The minimum atomic E-state index is 0.0989. The summed E-state index contributed by atoms with van der Waals surface area (Å²) >= 11 is 0. The van der Waals surface area contributed by atoms with E-state index in [1.807, 2.05) is 30.5 Å². The van der Waals surface area contributed by atoms with Crippen LogP contribution in [-0.2, 0) is 6.61 Å². The van der Waals surface area contributed by atoms with Crippen molar-refractivity contribution in [3.63, 3.8) is 0 Å². The fourth-order valence-electron chi connectivity index (χ4n) is 2.59. The van der Waals surface area contributed by atoms with Crippen LogP contribution >= 0.6 is 0 Å². The van der Waals surface area contributed by atoms with Crippen molar-refractivity contribution in [2.24, 2.45) is 0 Å². The number of aliphatic hydroxyl groups excluding tert-OH is 1. The lowest BCUT2D eigenvalue weighted by atomic mass is 10.2. The minimum Gasteiger partial charge on any atom is -0.392 e. The van der Waals surface area contributed by atoms with E-state index in [0.717, 1.165) is 37.6 Å². The van der Waals surface area contributed by atoms with Crippen molar-refractivity contribution in [1.29, 1.82) is 0 Å². The number of aromatic nitrogens is 1. The SMILES string of the molecule is OCc1cccc(N2CCN(c3ccccn3)CC2)c1. The Hall–Kier alpha value is -2.07. The minimum absolute atomic E-state index is 0.0989. The molecule has 3 rings (SSSR count). The average Bonchev–Trinajstić information content (AvgIpc) is 2.56. The molecule has 0 spiro atoms. The molecule has 0 amide bonds. The second kappa shape index (κ2) is 5.92. The zero-order valence-electron chi connectivity index (χ0n) is 11.4. The fraction of sp³-hybridized carbons (Fsp3) is 0.312. The number of rotatable bonds is 3. The van der Waals surface area contributed by atoms with E-state index in [2.05, 4.69) is 33.0 Å². The monoisotopic (exact) mass is 269 g/mol. The number of hydrogen-bond acceptors (Lipinski definition) is 4. The summed E-state index contributed by atoms with van der Waals surface area (Å²) in [6.45, 7) is 4.00. The molecule has 104 valence electrons. The van der Waals surface area contributed by atoms with E-state index in [4.69, 9.17) is 0 Å². The third-order valence-corrected chi connectivity index (χ3v) is 3.71. The molecular formula is C16H19N3O. The summed E-state index contributed by atoms with van der Waals surface area (Å²) in [7, 11) is 0. The highest BCUT2D eigenvalue weighted by Crippen LogP contribution is 2.20. The number of benzene rings is 1. The molecule has 0 aliphatic carbocycles. The van der Waals surface area contributed by atoms with E-state index < -0.39 is 0 Å². The van der Waals surface area contributed by atoms with Crippen LogP contribution in [0.1, 0.15) is 5.56 Å². The van der Waals surface area contributed by atoms with Gasteiger partial charge in [-0.2, -0.15) is 0 Å². The lowest BCUT2D eigenvalue weighted by Gasteiger charge is -2.36. The third-order valence-electron chi connectivity index (χ3n) is 3.71. The van der Waals surface area contributed by atoms with Gasteiger partial charge in [-0.3, -0.25) is 0 Å². The van der Waals surface area contributed by atoms with Crippen LogP contribution < -0.4 is 9.80 Å². The second-order valence-corrected chi connectivity index (χ2v) is 4.99. The molecule has 1 aliphatic heterocycles. The standard InChI is InChI=1S/C16H19N3O/c20-13-14-4-3-5-15(12-14)18-8-10-19(11-9-18)16-6-1-2-7-17-16/h1-7,12,20H,8-11,13H2. The maximum absolute atomic E-state index is 9.22. The molecule has 2 aromatic rings. The summed E-state index contributed by atoms with van der Waals surface area (Å²) in [6.07, 6.45) is 1.84. The molecule has 0 saturated carbocycles. The summed E-state index contributed by atoms with van der Waals surface area (Å²) in [5, 5.41) is 9.22. The predicted octanol–water partition coefficient (Wildman–Crippen LogP) is 1.90. The number of piperazine rings is 1. The van der Waals surface area contributed by atoms with Gasteiger partial charge in [0.25, 0.3) is 0 Å². The molecule has 1 fully saturated rings. The molecule has 4 heteroatoms. The molecule has 1 N–H and O–H groups in total. The molecule has 2 heterocycles. The van der Waals surface area contributed by atoms with E-state index in [1.54, 1.807) is 0 Å². The highest BCUT2D eigenvalue weighted by atomic mass is 16.3. The Morgan fingerprint density at radius 1 is 0.950 bits per heavy atom. The maximum Gasteiger partial charge on any atom is 0.128 e. The van der Waals surface area contributed by atoms with Gasteiger partial charge in [-0.15, -0.1) is 0 Å². The van der Waals surface area contributed by atoms with Crippen LogP contribution in [0.4, 0.5) is 11.5 Å². The molecule has 0 radical (unpaired) electrons. The predicted molar refractivity (Wildman–Crippen MR) is 81.0 cm³/mol. The smallest absolute Gasteiger partial charge is 0.128 e. The largest absolute Gasteiger partial charge is 0.392 e. The van der Waals surface area contributed by atoms with Gasteiger partial charge in [0, 0.05) is 38.1 Å². The fourth-order valence-corrected chi connectivity index (χ4v) is 2.59. The zero-order valence-corrected chi connectivity index (χ0v) is 11.4. The number of pyridine rings is 1. The topological polar surface area (TPSA) is 39.6 Å². The number of hydrogen-bond donors (Lipinski definition) is 1. The van der Waals surface area contributed by atoms with Crippen molar-refractivity contribution in [1.82, 2.24) is 4.98 Å². The van der Waals surface area contributed by atoms with E-state index in [1.165, 1.54) is 5.69 Å². The van der Waals surface area contributed by atoms with Gasteiger partial charge in [-0.1, -0.05) is 18.2 Å². The van der Waals surface area contributed by atoms with Crippen LogP contribution in [0, 0.1) is 0 Å². The van der Waals surface area contributed by atoms with Gasteiger partial charge in [0.05, 0.1) is 6.61 Å². The zero-order chi connectivity index (χ0) is 13.8. The van der Waals surface area contributed by atoms with Crippen molar-refractivity contribution < 1.29 is 5.11 Å². The second-order valence-electron chi connectivity index (χ2n) is 4.99. The first-order valence-electron chi connectivity index (χ1n) is 6.97. The molecule has 4 nitrogen and oxygen atoms in total. The normalized spacial score (nSPS) is 15.4. The van der Waals surface area contributed by atoms with Gasteiger partial charge in [0.1, 0.15) is 5.82 Å². The summed E-state index contributed by atoms with van der Waals surface area (Å²) in [5.41, 5.74) is 2.16. The first-order chi connectivity index (χ1) is 9.86. The molecule has 0 bridgehead atoms. The van der Waals surface area contributed by atoms with Gasteiger partial charge in [-0.25, -0.2) is 4.98 Å². The van der Waals surface area contributed by atoms with Gasteiger partial charge in [-0.05, 0) is 29.8 Å². The van der Waals surface area contributed by atoms with Crippen molar-refractivity contribution in [2.75, 3.05) is 36.0 Å². The Bertz CT molecular complexity index is 551. The van der Waals surface area contributed by atoms with Gasteiger partial charge in [0.2, 0.25) is 0 Å². The van der Waals surface area contributed by atoms with Crippen LogP contribution in [0.2, 0.25) is 0 Å². The van der Waals surface area contributed by atoms with Crippen molar-refractivity contribution in [2.45, 2.75) is 6.61 Å². The van der Waals surface area contributed by atoms with Gasteiger partial charge >= 0.3 is 0 Å². The molecule has 20 heavy (non-hydrogen) atoms. The van der Waals surface area contributed by atoms with E-state index in [-0.39, 0.29) is 6.61 Å². The molecule has 1 aliphatic rings. The maximum atomic E-state index is 9.22. The Labute approximate surface area is 119 Å². The first kappa shape index (κ1) is 12.9. The molecule has 0 unspecified atom stereocenters. The summed E-state index contributed by atoms with van der Waals surface area (Å²) < 4.78 is 0. The van der Waals surface area contributed by atoms with Crippen LogP contribution in [0.5, 0.6) is 0 Å². The van der Waals surface area contributed by atoms with Crippen LogP contribution in [0.3, 0.4) is 0 Å².